The lowest BCUT2D eigenvalue weighted by Gasteiger charge is -2.48. The summed E-state index contributed by atoms with van der Waals surface area (Å²) in [6, 6.07) is 2.67. The number of imidazole rings is 1. The number of aryl methyl sites for hydroxylation is 2. The number of aliphatic carboxylic acids is 1. The number of primary amides is 5. The number of rotatable bonds is 26. The number of carboxylic acids is 1. The summed E-state index contributed by atoms with van der Waals surface area (Å²) in [5.74, 6) is -7.88. The van der Waals surface area contributed by atoms with E-state index in [0.29, 0.717) is 56.4 Å². The summed E-state index contributed by atoms with van der Waals surface area (Å²) in [6.07, 6.45) is -4.80. The highest BCUT2D eigenvalue weighted by Gasteiger charge is 2.66. The maximum Gasteiger partial charge on any atom is 0.472 e. The molecular formula is C62H89N12O15P. The number of carbonyl (C=O) groups is 7. The molecule has 0 radical (unpaired) electrons. The van der Waals surface area contributed by atoms with Crippen molar-refractivity contribution < 1.29 is 72.1 Å². The number of hydrogen-bond donors (Lipinski definition) is 11. The average Bonchev–Trinajstić information content (AvgIpc) is 1.53. The minimum Gasteiger partial charge on any atom is -0.481 e. The molecule has 1 aromatic heterocycles. The van der Waals surface area contributed by atoms with Crippen LogP contribution >= 0.6 is 7.82 Å². The van der Waals surface area contributed by atoms with Crippen LogP contribution in [0.1, 0.15) is 150 Å². The number of benzene rings is 1. The summed E-state index contributed by atoms with van der Waals surface area (Å²) in [5, 5.41) is 38.4. The number of carbonyl (C=O) groups excluding carboxylic acids is 6. The van der Waals surface area contributed by atoms with Crippen LogP contribution in [0.3, 0.4) is 0 Å². The average molecular weight is 1270 g/mol. The second kappa shape index (κ2) is 25.6. The first kappa shape index (κ1) is 68.9. The fourth-order valence-electron chi connectivity index (χ4n) is 15.4. The molecule has 1 aromatic carbocycles. The lowest BCUT2D eigenvalue weighted by Crippen LogP contribution is -2.56. The molecule has 8 bridgehead atoms. The highest BCUT2D eigenvalue weighted by molar-refractivity contribution is 7.47. The third-order valence-corrected chi connectivity index (χ3v) is 21.7. The molecule has 2 saturated heterocycles. The minimum absolute atomic E-state index is 0.0314. The number of aromatic nitrogens is 2. The second-order valence-electron chi connectivity index (χ2n) is 27.0. The fourth-order valence-corrected chi connectivity index (χ4v) is 16.6. The van der Waals surface area contributed by atoms with Crippen molar-refractivity contribution in [1.82, 2.24) is 20.2 Å². The highest BCUT2D eigenvalue weighted by atomic mass is 31.2. The van der Waals surface area contributed by atoms with E-state index in [9.17, 15) is 58.3 Å². The molecule has 6 amide bonds. The van der Waals surface area contributed by atoms with E-state index in [1.807, 2.05) is 73.6 Å². The second-order valence-corrected chi connectivity index (χ2v) is 28.4. The first-order chi connectivity index (χ1) is 41.8. The van der Waals surface area contributed by atoms with Gasteiger partial charge in [-0.1, -0.05) is 34.6 Å². The first-order valence-electron chi connectivity index (χ1n) is 30.5. The molecule has 16 N–H and O–H groups in total. The summed E-state index contributed by atoms with van der Waals surface area (Å²) < 4.78 is 32.2. The molecule has 27 nitrogen and oxygen atoms in total. The zero-order valence-corrected chi connectivity index (χ0v) is 54.0. The van der Waals surface area contributed by atoms with Crippen molar-refractivity contribution >= 4 is 77.4 Å². The van der Waals surface area contributed by atoms with Gasteiger partial charge in [-0.25, -0.2) is 9.55 Å². The zero-order chi connectivity index (χ0) is 66.7. The van der Waals surface area contributed by atoms with Crippen LogP contribution in [0.5, 0.6) is 0 Å². The van der Waals surface area contributed by atoms with Crippen LogP contribution < -0.4 is 39.3 Å². The Morgan fingerprint density at radius 2 is 1.44 bits per heavy atom. The molecule has 15 atom stereocenters. The molecule has 2 aromatic rings. The first-order valence-corrected chi connectivity index (χ1v) is 32.0. The topological polar surface area (TPSA) is 454 Å². The number of fused-ring (bicyclic) bond motifs is 7. The van der Waals surface area contributed by atoms with Gasteiger partial charge in [-0.3, -0.25) is 57.6 Å². The van der Waals surface area contributed by atoms with E-state index in [4.69, 9.17) is 57.4 Å². The third-order valence-electron chi connectivity index (χ3n) is 20.6. The molecule has 492 valence electrons. The van der Waals surface area contributed by atoms with Crippen molar-refractivity contribution in [3.05, 3.63) is 63.9 Å². The van der Waals surface area contributed by atoms with Crippen molar-refractivity contribution in [2.45, 2.75) is 189 Å². The number of nitrogens with one attached hydrogen (secondary N) is 2. The summed E-state index contributed by atoms with van der Waals surface area (Å²) in [5.41, 5.74) is 31.1. The predicted octanol–water partition coefficient (Wildman–Crippen LogP) is 3.76. The van der Waals surface area contributed by atoms with E-state index in [0.717, 1.165) is 11.1 Å². The quantitative estimate of drug-likeness (QED) is 0.0597. The van der Waals surface area contributed by atoms with Crippen LogP contribution in [0.2, 0.25) is 0 Å². The summed E-state index contributed by atoms with van der Waals surface area (Å²) in [4.78, 5) is 125. The van der Waals surface area contributed by atoms with Crippen molar-refractivity contribution in [2.75, 3.05) is 13.2 Å². The molecule has 6 aliphatic rings. The van der Waals surface area contributed by atoms with Gasteiger partial charge in [-0.2, -0.15) is 0 Å². The molecule has 7 heterocycles. The number of carboxylic acid groups (broad SMARTS) is 1. The maximum absolute atomic E-state index is 14.4. The number of ether oxygens (including phenoxy) is 1. The van der Waals surface area contributed by atoms with Gasteiger partial charge in [0, 0.05) is 131 Å². The van der Waals surface area contributed by atoms with Crippen LogP contribution in [0.25, 0.3) is 11.0 Å². The van der Waals surface area contributed by atoms with E-state index >= 15 is 0 Å². The van der Waals surface area contributed by atoms with Gasteiger partial charge in [0.1, 0.15) is 18.3 Å². The molecule has 90 heavy (non-hydrogen) atoms. The molecule has 8 rings (SSSR count). The van der Waals surface area contributed by atoms with Crippen LogP contribution in [-0.4, -0.2) is 137 Å². The number of amides is 6. The Bertz CT molecular complexity index is 3540. The van der Waals surface area contributed by atoms with Gasteiger partial charge < -0.3 is 68.8 Å². The maximum atomic E-state index is 14.4. The Kier molecular flexibility index (Phi) is 19.6. The monoisotopic (exact) mass is 1270 g/mol. The standard InChI is InChI=1S/C62H89N12O15P/c1-29-20-39-40(21-30(29)2)74(28-69-39)57-52(84)53(41(27-75)87-57)89-90(85,86)88-31(3)26-68-48(81)18-19-59(8)37(22-45(65)78)56-62(11)61(10,25-47(67)80)36(13-16-44(64)77)51(73-62)33(5)55-60(9,24-46(66)79)34(12-15-43(63)76)38(70-55)23-42-58(6,7)35(14-17-49(82)83)50(71-42)32(4)54(59)72-56/h20-21,23,28,31,34-37,41,52-53,56-57,70,75,84H,12-19,22,24-27H2,1-11H3,(H2,63,76)(H2,64,77)(H2,65,78)(H2,66,79)(H2,67,80)(H,68,81)(H,82,83)(H,85,86)/b38-23-,50-32-,55-33-/t31-,34+,35+,36+,37-,41+,52+,53+,56?,57-,59+,60-,61-,62-/m0/s1. The Balaban J connectivity index is 1.19. The molecule has 28 heteroatoms. The fraction of sp³-hybridized carbons (Fsp3) is 0.629. The van der Waals surface area contributed by atoms with Gasteiger partial charge >= 0.3 is 13.8 Å². The zero-order valence-electron chi connectivity index (χ0n) is 53.1. The molecular weight excluding hydrogens is 1180 g/mol. The van der Waals surface area contributed by atoms with Gasteiger partial charge in [-0.15, -0.1) is 0 Å². The molecule has 0 spiro atoms. The lowest BCUT2D eigenvalue weighted by atomic mass is 9.55. The van der Waals surface area contributed by atoms with Crippen molar-refractivity contribution in [1.29, 1.82) is 0 Å². The summed E-state index contributed by atoms with van der Waals surface area (Å²) in [7, 11) is -5.07. The Labute approximate surface area is 522 Å². The predicted molar refractivity (Wildman–Crippen MR) is 332 cm³/mol. The number of nitrogens with zero attached hydrogens (tertiary/aromatic N) is 5. The van der Waals surface area contributed by atoms with E-state index in [2.05, 4.69) is 15.6 Å². The number of aliphatic imine (C=N–C) groups is 3. The van der Waals surface area contributed by atoms with Crippen LogP contribution in [0.15, 0.2) is 67.8 Å². The van der Waals surface area contributed by atoms with Crippen LogP contribution in [0, 0.1) is 59.2 Å². The Morgan fingerprint density at radius 3 is 2.04 bits per heavy atom. The summed E-state index contributed by atoms with van der Waals surface area (Å²) >= 11 is 0. The number of nitrogens with two attached hydrogens (primary N) is 5. The van der Waals surface area contributed by atoms with Gasteiger partial charge in [-0.05, 0) is 108 Å². The minimum atomic E-state index is -5.07. The van der Waals surface area contributed by atoms with E-state index in [1.54, 1.807) is 18.4 Å². The van der Waals surface area contributed by atoms with Crippen molar-refractivity contribution in [3.63, 3.8) is 0 Å². The highest BCUT2D eigenvalue weighted by Crippen LogP contribution is 2.63. The normalized spacial score (nSPS) is 34.2. The molecule has 0 saturated carbocycles. The van der Waals surface area contributed by atoms with E-state index in [-0.39, 0.29) is 77.2 Å². The number of phosphoric acid groups is 1. The largest absolute Gasteiger partial charge is 0.481 e. The van der Waals surface area contributed by atoms with Gasteiger partial charge in [0.25, 0.3) is 0 Å². The third kappa shape index (κ3) is 13.0. The smallest absolute Gasteiger partial charge is 0.472 e. The van der Waals surface area contributed by atoms with Crippen molar-refractivity contribution in [2.24, 2.45) is 89.0 Å². The molecule has 2 unspecified atom stereocenters. The van der Waals surface area contributed by atoms with Crippen molar-refractivity contribution in [3.8, 4) is 0 Å². The van der Waals surface area contributed by atoms with Gasteiger partial charge in [0.05, 0.1) is 41.7 Å². The van der Waals surface area contributed by atoms with Gasteiger partial charge in [0.15, 0.2) is 6.23 Å². The molecule has 2 fully saturated rings. The Morgan fingerprint density at radius 1 is 0.822 bits per heavy atom. The SMILES string of the molecule is C/C1=C2N=C(/C=C3\N/C(=C(/C)C4=N[C@@](C)(C5N=C1[C@](C)(CCC(=O)NC[C@H](C)OP(=O)(O)O[C@H]1[C@@H](O)[C@@H](n6cnc7cc(C)c(C)cc76)O[C@@H]1CO)[C@H]5CC(N)=O)[C@@](C)(CC(N)=O)[C@@H]4CCC(N)=O)[C@@](C)(CC(N)=O)[C@@H]3CCC(N)=O)C(C)(C)[C@@H]/2CCC(=O)O. The molecule has 6 aliphatic heterocycles. The van der Waals surface area contributed by atoms with Crippen LogP contribution in [0.4, 0.5) is 0 Å². The summed E-state index contributed by atoms with van der Waals surface area (Å²) in [6.45, 7) is 19.0. The molecule has 0 aliphatic carbocycles. The van der Waals surface area contributed by atoms with E-state index < -0.39 is 143 Å². The number of allylic oxidation sites excluding steroid dienone is 6. The number of phosphoric ester groups is 1. The Hall–Kier alpha value is -7.00. The van der Waals surface area contributed by atoms with Gasteiger partial charge in [0.2, 0.25) is 35.4 Å². The number of hydrogen-bond acceptors (Lipinski definition) is 18. The lowest BCUT2D eigenvalue weighted by molar-refractivity contribution is -0.137. The van der Waals surface area contributed by atoms with Crippen LogP contribution in [-0.2, 0) is 51.9 Å². The number of aliphatic hydroxyl groups is 2. The number of aliphatic hydroxyl groups excluding tert-OH is 2. The van der Waals surface area contributed by atoms with E-state index in [1.165, 1.54) is 13.3 Å².